The van der Waals surface area contributed by atoms with Crippen LogP contribution in [0.5, 0.6) is 0 Å². The molecule has 1 heterocycles. The number of Topliss-reactive ketones (excluding diaryl/α,β-unsaturated/α-hetero) is 1. The van der Waals surface area contributed by atoms with E-state index in [0.29, 0.717) is 17.6 Å². The summed E-state index contributed by atoms with van der Waals surface area (Å²) in [5.74, 6) is -1.25. The Balaban J connectivity index is 2.06. The first kappa shape index (κ1) is 12.8. The Kier molecular flexibility index (Phi) is 2.64. The summed E-state index contributed by atoms with van der Waals surface area (Å²) in [6.07, 6.45) is 0.656. The molecule has 1 fully saturated rings. The fourth-order valence-electron chi connectivity index (χ4n) is 3.25. The molecule has 1 aliphatic carbocycles. The first-order valence-electron chi connectivity index (χ1n) is 6.63. The summed E-state index contributed by atoms with van der Waals surface area (Å²) < 4.78 is 0. The highest BCUT2D eigenvalue weighted by Gasteiger charge is 2.53. The third kappa shape index (κ3) is 1.51. The van der Waals surface area contributed by atoms with E-state index in [1.807, 2.05) is 12.1 Å². The molecule has 1 aliphatic heterocycles. The van der Waals surface area contributed by atoms with Crippen LogP contribution in [-0.2, 0) is 9.59 Å². The van der Waals surface area contributed by atoms with Gasteiger partial charge in [-0.1, -0.05) is 30.8 Å². The number of hydrogen-bond donors (Lipinski definition) is 1. The van der Waals surface area contributed by atoms with E-state index in [9.17, 15) is 14.4 Å². The van der Waals surface area contributed by atoms with E-state index in [-0.39, 0.29) is 24.0 Å². The zero-order chi connectivity index (χ0) is 14.5. The summed E-state index contributed by atoms with van der Waals surface area (Å²) in [4.78, 5) is 36.1. The highest BCUT2D eigenvalue weighted by atomic mass is 16.2. The summed E-state index contributed by atoms with van der Waals surface area (Å²) in [5, 5.41) is 2.33. The van der Waals surface area contributed by atoms with Gasteiger partial charge in [-0.25, -0.2) is 0 Å². The molecule has 102 valence electrons. The van der Waals surface area contributed by atoms with Gasteiger partial charge in [0.25, 0.3) is 0 Å². The molecule has 2 amide bonds. The van der Waals surface area contributed by atoms with Crippen LogP contribution >= 0.6 is 0 Å². The number of carbonyl (C=O) groups is 3. The molecule has 1 N–H and O–H groups in total. The Morgan fingerprint density at radius 2 is 1.85 bits per heavy atom. The summed E-state index contributed by atoms with van der Waals surface area (Å²) in [6.45, 7) is 5.80. The van der Waals surface area contributed by atoms with Crippen LogP contribution in [0.15, 0.2) is 30.8 Å². The second-order valence-electron chi connectivity index (χ2n) is 5.56. The number of allylic oxidation sites excluding steroid dienone is 1. The lowest BCUT2D eigenvalue weighted by molar-refractivity contribution is -0.138. The van der Waals surface area contributed by atoms with Crippen LogP contribution in [-0.4, -0.2) is 17.6 Å². The molecule has 0 aromatic heterocycles. The number of carbonyl (C=O) groups excluding carboxylic acids is 3. The van der Waals surface area contributed by atoms with E-state index in [1.165, 1.54) is 0 Å². The van der Waals surface area contributed by atoms with E-state index in [0.717, 1.165) is 5.56 Å². The van der Waals surface area contributed by atoms with Gasteiger partial charge in [-0.05, 0) is 24.5 Å². The number of amides is 2. The average Bonchev–Trinajstić information content (AvgIpc) is 2.62. The smallest absolute Gasteiger partial charge is 0.231 e. The predicted molar refractivity (Wildman–Crippen MR) is 73.8 cm³/mol. The van der Waals surface area contributed by atoms with E-state index < -0.39 is 11.3 Å². The lowest BCUT2D eigenvalue weighted by Crippen LogP contribution is -2.49. The fourth-order valence-corrected chi connectivity index (χ4v) is 3.25. The maximum atomic E-state index is 12.7. The van der Waals surface area contributed by atoms with Crippen molar-refractivity contribution in [3.8, 4) is 0 Å². The summed E-state index contributed by atoms with van der Waals surface area (Å²) in [6, 6.07) is 7.28. The fraction of sp³-hybridized carbons (Fsp3) is 0.312. The van der Waals surface area contributed by atoms with Crippen molar-refractivity contribution in [3.05, 3.63) is 42.0 Å². The monoisotopic (exact) mass is 269 g/mol. The minimum atomic E-state index is -0.950. The summed E-state index contributed by atoms with van der Waals surface area (Å²) in [5.41, 5.74) is 1.15. The van der Waals surface area contributed by atoms with Crippen LogP contribution < -0.4 is 5.32 Å². The van der Waals surface area contributed by atoms with Crippen molar-refractivity contribution in [2.75, 3.05) is 0 Å². The van der Waals surface area contributed by atoms with Gasteiger partial charge in [-0.3, -0.25) is 19.7 Å². The molecule has 2 aliphatic rings. The maximum Gasteiger partial charge on any atom is 0.231 e. The van der Waals surface area contributed by atoms with Gasteiger partial charge in [-0.2, -0.15) is 0 Å². The SMILES string of the molecule is C=C1c2ccccc2C(=O)C1(C)C1CCC(=O)NC1=O. The van der Waals surface area contributed by atoms with Crippen LogP contribution in [0.3, 0.4) is 0 Å². The number of piperidine rings is 1. The van der Waals surface area contributed by atoms with E-state index in [2.05, 4.69) is 11.9 Å². The number of rotatable bonds is 1. The lowest BCUT2D eigenvalue weighted by Gasteiger charge is -2.34. The van der Waals surface area contributed by atoms with Crippen LogP contribution in [0.25, 0.3) is 5.57 Å². The molecule has 0 saturated carbocycles. The van der Waals surface area contributed by atoms with Crippen LogP contribution in [0.4, 0.5) is 0 Å². The highest BCUT2D eigenvalue weighted by Crippen LogP contribution is 2.51. The van der Waals surface area contributed by atoms with Gasteiger partial charge in [0.15, 0.2) is 5.78 Å². The second kappa shape index (κ2) is 4.13. The highest BCUT2D eigenvalue weighted by molar-refractivity contribution is 6.19. The van der Waals surface area contributed by atoms with E-state index in [1.54, 1.807) is 19.1 Å². The van der Waals surface area contributed by atoms with Gasteiger partial charge in [0.2, 0.25) is 11.8 Å². The van der Waals surface area contributed by atoms with Crippen molar-refractivity contribution in [2.24, 2.45) is 11.3 Å². The number of hydrogen-bond acceptors (Lipinski definition) is 3. The second-order valence-corrected chi connectivity index (χ2v) is 5.56. The molecule has 2 unspecified atom stereocenters. The topological polar surface area (TPSA) is 63.2 Å². The predicted octanol–water partition coefficient (Wildman–Crippen LogP) is 1.96. The van der Waals surface area contributed by atoms with E-state index >= 15 is 0 Å². The molecule has 4 nitrogen and oxygen atoms in total. The van der Waals surface area contributed by atoms with Crippen molar-refractivity contribution in [2.45, 2.75) is 19.8 Å². The molecule has 20 heavy (non-hydrogen) atoms. The first-order valence-corrected chi connectivity index (χ1v) is 6.63. The number of nitrogens with one attached hydrogen (secondary N) is 1. The van der Waals surface area contributed by atoms with Crippen LogP contribution in [0.2, 0.25) is 0 Å². The van der Waals surface area contributed by atoms with Gasteiger partial charge in [0.05, 0.1) is 11.3 Å². The quantitative estimate of drug-likeness (QED) is 0.793. The molecule has 0 radical (unpaired) electrons. The number of fused-ring (bicyclic) bond motifs is 1. The molecule has 2 atom stereocenters. The normalized spacial score (nSPS) is 29.4. The van der Waals surface area contributed by atoms with Crippen molar-refractivity contribution in [3.63, 3.8) is 0 Å². The van der Waals surface area contributed by atoms with Gasteiger partial charge in [0.1, 0.15) is 0 Å². The molecule has 4 heteroatoms. The Labute approximate surface area is 116 Å². The number of imide groups is 1. The van der Waals surface area contributed by atoms with Crippen molar-refractivity contribution >= 4 is 23.2 Å². The summed E-state index contributed by atoms with van der Waals surface area (Å²) >= 11 is 0. The minimum Gasteiger partial charge on any atom is -0.296 e. The van der Waals surface area contributed by atoms with Gasteiger partial charge >= 0.3 is 0 Å². The van der Waals surface area contributed by atoms with E-state index in [4.69, 9.17) is 0 Å². The van der Waals surface area contributed by atoms with Gasteiger partial charge in [-0.15, -0.1) is 0 Å². The molecule has 1 aromatic carbocycles. The molecular weight excluding hydrogens is 254 g/mol. The Morgan fingerprint density at radius 1 is 1.20 bits per heavy atom. The first-order chi connectivity index (χ1) is 9.46. The lowest BCUT2D eigenvalue weighted by atomic mass is 9.68. The Hall–Kier alpha value is -2.23. The largest absolute Gasteiger partial charge is 0.296 e. The average molecular weight is 269 g/mol. The summed E-state index contributed by atoms with van der Waals surface area (Å²) in [7, 11) is 0. The maximum absolute atomic E-state index is 12.7. The number of ketones is 1. The van der Waals surface area contributed by atoms with Gasteiger partial charge in [0, 0.05) is 12.0 Å². The third-order valence-corrected chi connectivity index (χ3v) is 4.53. The molecule has 3 rings (SSSR count). The zero-order valence-electron chi connectivity index (χ0n) is 11.2. The molecule has 0 spiro atoms. The van der Waals surface area contributed by atoms with Crippen molar-refractivity contribution < 1.29 is 14.4 Å². The van der Waals surface area contributed by atoms with Crippen molar-refractivity contribution in [1.82, 2.24) is 5.32 Å². The third-order valence-electron chi connectivity index (χ3n) is 4.53. The van der Waals surface area contributed by atoms with Crippen molar-refractivity contribution in [1.29, 1.82) is 0 Å². The Bertz CT molecular complexity index is 624. The molecule has 0 bridgehead atoms. The van der Waals surface area contributed by atoms with Crippen LogP contribution in [0.1, 0.15) is 35.7 Å². The molecule has 1 aromatic rings. The minimum absolute atomic E-state index is 0.0763. The standard InChI is InChI=1S/C16H15NO3/c1-9-10-5-3-4-6-11(10)14(19)16(9,2)12-7-8-13(18)17-15(12)20/h3-6,12H,1,7-8H2,2H3,(H,17,18,20). The number of benzene rings is 1. The zero-order valence-corrected chi connectivity index (χ0v) is 11.2. The Morgan fingerprint density at radius 3 is 2.45 bits per heavy atom. The molecule has 1 saturated heterocycles. The van der Waals surface area contributed by atoms with Crippen LogP contribution in [0, 0.1) is 11.3 Å². The van der Waals surface area contributed by atoms with Gasteiger partial charge < -0.3 is 0 Å². The molecular formula is C16H15NO3.